The lowest BCUT2D eigenvalue weighted by atomic mass is 9.90. The second-order valence-corrected chi connectivity index (χ2v) is 9.29. The summed E-state index contributed by atoms with van der Waals surface area (Å²) in [5.41, 5.74) is 0.931. The van der Waals surface area contributed by atoms with Gasteiger partial charge < -0.3 is 19.3 Å². The van der Waals surface area contributed by atoms with Crippen LogP contribution in [0.4, 0.5) is 5.13 Å². The van der Waals surface area contributed by atoms with Crippen LogP contribution in [0.25, 0.3) is 6.08 Å². The molecular formula is C23H28N4O3S. The van der Waals surface area contributed by atoms with Crippen LogP contribution in [0.1, 0.15) is 48.6 Å². The first-order valence-electron chi connectivity index (χ1n) is 11.2. The van der Waals surface area contributed by atoms with Gasteiger partial charge in [-0.25, -0.2) is 0 Å². The number of ether oxygens (including phenoxy) is 2. The van der Waals surface area contributed by atoms with Gasteiger partial charge >= 0.3 is 0 Å². The van der Waals surface area contributed by atoms with Crippen LogP contribution in [0.3, 0.4) is 0 Å². The Bertz CT molecular complexity index is 946. The lowest BCUT2D eigenvalue weighted by molar-refractivity contribution is -0.126. The lowest BCUT2D eigenvalue weighted by Gasteiger charge is -2.33. The Morgan fingerprint density at radius 2 is 1.77 bits per heavy atom. The molecule has 1 saturated carbocycles. The fourth-order valence-corrected chi connectivity index (χ4v) is 5.49. The zero-order valence-corrected chi connectivity index (χ0v) is 18.5. The Labute approximate surface area is 186 Å². The SMILES string of the molecule is O=C(/C=C\c1ccc2c(c1)OCCO2)N1CCN(c2nnc(C3CCCCC3)s2)CC1. The van der Waals surface area contributed by atoms with Gasteiger partial charge in [-0.1, -0.05) is 36.7 Å². The van der Waals surface area contributed by atoms with E-state index in [4.69, 9.17) is 9.47 Å². The zero-order valence-electron chi connectivity index (χ0n) is 17.7. The predicted molar refractivity (Wildman–Crippen MR) is 121 cm³/mol. The molecule has 31 heavy (non-hydrogen) atoms. The minimum atomic E-state index is 0.0368. The summed E-state index contributed by atoms with van der Waals surface area (Å²) < 4.78 is 11.2. The summed E-state index contributed by atoms with van der Waals surface area (Å²) in [5.74, 6) is 2.12. The molecule has 0 N–H and O–H groups in total. The molecule has 7 nitrogen and oxygen atoms in total. The van der Waals surface area contributed by atoms with E-state index >= 15 is 0 Å². The fourth-order valence-electron chi connectivity index (χ4n) is 4.42. The van der Waals surface area contributed by atoms with Gasteiger partial charge in [-0.2, -0.15) is 0 Å². The molecule has 1 saturated heterocycles. The van der Waals surface area contributed by atoms with Crippen LogP contribution in [0.5, 0.6) is 11.5 Å². The highest BCUT2D eigenvalue weighted by Gasteiger charge is 2.25. The fraction of sp³-hybridized carbons (Fsp3) is 0.522. The van der Waals surface area contributed by atoms with Crippen molar-refractivity contribution in [3.63, 3.8) is 0 Å². The van der Waals surface area contributed by atoms with Crippen LogP contribution in [-0.4, -0.2) is 60.4 Å². The Morgan fingerprint density at radius 3 is 2.58 bits per heavy atom. The average Bonchev–Trinajstić information content (AvgIpc) is 3.33. The highest BCUT2D eigenvalue weighted by Crippen LogP contribution is 2.36. The molecule has 2 fully saturated rings. The summed E-state index contributed by atoms with van der Waals surface area (Å²) in [6.07, 6.45) is 9.93. The highest BCUT2D eigenvalue weighted by molar-refractivity contribution is 7.15. The van der Waals surface area contributed by atoms with Gasteiger partial charge in [0, 0.05) is 38.2 Å². The number of nitrogens with zero attached hydrogens (tertiary/aromatic N) is 4. The Balaban J connectivity index is 1.15. The van der Waals surface area contributed by atoms with Crippen molar-refractivity contribution < 1.29 is 14.3 Å². The number of anilines is 1. The predicted octanol–water partition coefficient (Wildman–Crippen LogP) is 3.72. The standard InChI is InChI=1S/C23H28N4O3S/c28-21(9-7-17-6-8-19-20(16-17)30-15-14-29-19)26-10-12-27(13-11-26)23-25-24-22(31-23)18-4-2-1-3-5-18/h6-9,16,18H,1-5,10-15H2/b9-7-. The number of carbonyl (C=O) groups is 1. The first kappa shape index (κ1) is 20.3. The number of carbonyl (C=O) groups excluding carboxylic acids is 1. The molecule has 0 atom stereocenters. The third kappa shape index (κ3) is 4.69. The molecule has 1 amide bonds. The van der Waals surface area contributed by atoms with Gasteiger partial charge in [-0.15, -0.1) is 10.2 Å². The number of amides is 1. The average molecular weight is 441 g/mol. The molecule has 0 bridgehead atoms. The smallest absolute Gasteiger partial charge is 0.246 e. The maximum Gasteiger partial charge on any atom is 0.246 e. The van der Waals surface area contributed by atoms with Gasteiger partial charge in [-0.3, -0.25) is 4.79 Å². The summed E-state index contributed by atoms with van der Waals surface area (Å²) in [6.45, 7) is 4.11. The summed E-state index contributed by atoms with van der Waals surface area (Å²) in [4.78, 5) is 16.8. The van der Waals surface area contributed by atoms with Gasteiger partial charge in [0.05, 0.1) is 0 Å². The molecule has 1 aliphatic carbocycles. The molecule has 2 aliphatic heterocycles. The maximum atomic E-state index is 12.7. The van der Waals surface area contributed by atoms with Crippen LogP contribution in [-0.2, 0) is 4.79 Å². The molecule has 3 aliphatic rings. The summed E-state index contributed by atoms with van der Waals surface area (Å²) in [6, 6.07) is 5.74. The van der Waals surface area contributed by atoms with E-state index < -0.39 is 0 Å². The quantitative estimate of drug-likeness (QED) is 0.675. The van der Waals surface area contributed by atoms with Crippen molar-refractivity contribution in [2.24, 2.45) is 0 Å². The van der Waals surface area contributed by atoms with Gasteiger partial charge in [0.2, 0.25) is 11.0 Å². The van der Waals surface area contributed by atoms with E-state index in [0.29, 0.717) is 32.2 Å². The van der Waals surface area contributed by atoms with E-state index in [0.717, 1.165) is 35.3 Å². The first-order valence-corrected chi connectivity index (χ1v) is 12.0. The normalized spacial score (nSPS) is 19.7. The third-order valence-electron chi connectivity index (χ3n) is 6.23. The van der Waals surface area contributed by atoms with Crippen LogP contribution >= 0.6 is 11.3 Å². The number of piperazine rings is 1. The van der Waals surface area contributed by atoms with E-state index in [9.17, 15) is 4.79 Å². The van der Waals surface area contributed by atoms with Crippen LogP contribution in [0.2, 0.25) is 0 Å². The van der Waals surface area contributed by atoms with Crippen molar-refractivity contribution in [3.05, 3.63) is 34.8 Å². The number of benzene rings is 1. The third-order valence-corrected chi connectivity index (χ3v) is 7.38. The number of rotatable bonds is 4. The molecule has 0 unspecified atom stereocenters. The summed E-state index contributed by atoms with van der Waals surface area (Å²) >= 11 is 1.74. The second-order valence-electron chi connectivity index (χ2n) is 8.31. The van der Waals surface area contributed by atoms with E-state index in [1.807, 2.05) is 29.2 Å². The Kier molecular flexibility index (Phi) is 6.06. The summed E-state index contributed by atoms with van der Waals surface area (Å²) in [5, 5.41) is 11.1. The molecule has 8 heteroatoms. The van der Waals surface area contributed by atoms with Gasteiger partial charge in [0.25, 0.3) is 0 Å². The molecule has 2 aromatic rings. The van der Waals surface area contributed by atoms with Crippen molar-refractivity contribution in [2.45, 2.75) is 38.0 Å². The molecule has 5 rings (SSSR count). The van der Waals surface area contributed by atoms with Crippen molar-refractivity contribution >= 4 is 28.5 Å². The van der Waals surface area contributed by atoms with Gasteiger partial charge in [0.15, 0.2) is 11.5 Å². The zero-order chi connectivity index (χ0) is 21.0. The Morgan fingerprint density at radius 1 is 1.00 bits per heavy atom. The van der Waals surface area contributed by atoms with Crippen molar-refractivity contribution in [1.82, 2.24) is 15.1 Å². The van der Waals surface area contributed by atoms with E-state index in [2.05, 4.69) is 15.1 Å². The van der Waals surface area contributed by atoms with Crippen molar-refractivity contribution in [3.8, 4) is 11.5 Å². The van der Waals surface area contributed by atoms with E-state index in [-0.39, 0.29) is 5.91 Å². The molecule has 3 heterocycles. The Hall–Kier alpha value is -2.61. The first-order chi connectivity index (χ1) is 15.3. The van der Waals surface area contributed by atoms with Crippen molar-refractivity contribution in [1.29, 1.82) is 0 Å². The molecule has 1 aromatic heterocycles. The molecule has 164 valence electrons. The van der Waals surface area contributed by atoms with Gasteiger partial charge in [-0.05, 0) is 36.6 Å². The monoisotopic (exact) mass is 440 g/mol. The second kappa shape index (κ2) is 9.26. The molecule has 0 radical (unpaired) electrons. The molecule has 1 aromatic carbocycles. The topological polar surface area (TPSA) is 67.8 Å². The van der Waals surface area contributed by atoms with E-state index in [1.165, 1.54) is 37.1 Å². The van der Waals surface area contributed by atoms with Crippen LogP contribution < -0.4 is 14.4 Å². The minimum Gasteiger partial charge on any atom is -0.486 e. The largest absolute Gasteiger partial charge is 0.486 e. The number of hydrogen-bond acceptors (Lipinski definition) is 7. The highest BCUT2D eigenvalue weighted by atomic mass is 32.1. The molecule has 0 spiro atoms. The van der Waals surface area contributed by atoms with Gasteiger partial charge in [0.1, 0.15) is 18.2 Å². The molecular weight excluding hydrogens is 412 g/mol. The van der Waals surface area contributed by atoms with Crippen LogP contribution in [0.15, 0.2) is 24.3 Å². The van der Waals surface area contributed by atoms with E-state index in [1.54, 1.807) is 17.4 Å². The van der Waals surface area contributed by atoms with Crippen molar-refractivity contribution in [2.75, 3.05) is 44.3 Å². The summed E-state index contributed by atoms with van der Waals surface area (Å²) in [7, 11) is 0. The number of aromatic nitrogens is 2. The minimum absolute atomic E-state index is 0.0368. The number of fused-ring (bicyclic) bond motifs is 1. The lowest BCUT2D eigenvalue weighted by Crippen LogP contribution is -2.48. The van der Waals surface area contributed by atoms with Crippen LogP contribution in [0, 0.1) is 0 Å². The number of hydrogen-bond donors (Lipinski definition) is 0. The maximum absolute atomic E-state index is 12.7.